The van der Waals surface area contributed by atoms with Gasteiger partial charge in [-0.15, -0.1) is 0 Å². The second-order valence-electron chi connectivity index (χ2n) is 8.32. The minimum absolute atomic E-state index is 0.0467. The third-order valence-electron chi connectivity index (χ3n) is 5.77. The van der Waals surface area contributed by atoms with E-state index < -0.39 is 41.4 Å². The highest BCUT2D eigenvalue weighted by atomic mass is 35.5. The van der Waals surface area contributed by atoms with Crippen molar-refractivity contribution in [3.8, 4) is 17.0 Å². The molecule has 1 aromatic carbocycles. The monoisotopic (exact) mass is 541 g/mol. The zero-order valence-corrected chi connectivity index (χ0v) is 20.2. The number of aryl methyl sites for hydroxylation is 2. The van der Waals surface area contributed by atoms with Gasteiger partial charge in [0, 0.05) is 12.1 Å². The van der Waals surface area contributed by atoms with Crippen molar-refractivity contribution in [1.82, 2.24) is 15.2 Å². The first-order valence-corrected chi connectivity index (χ1v) is 11.3. The topological polar surface area (TPSA) is 120 Å². The Kier molecular flexibility index (Phi) is 7.00. The van der Waals surface area contributed by atoms with Gasteiger partial charge in [0.1, 0.15) is 23.1 Å². The summed E-state index contributed by atoms with van der Waals surface area (Å²) in [5.74, 6) is -2.44. The molecule has 4 rings (SSSR count). The number of alkyl halides is 3. The molecule has 0 saturated heterocycles. The lowest BCUT2D eigenvalue weighted by Crippen LogP contribution is -2.35. The number of pyridine rings is 1. The highest BCUT2D eigenvalue weighted by Crippen LogP contribution is 2.36. The number of halogens is 5. The lowest BCUT2D eigenvalue weighted by Gasteiger charge is -2.26. The molecule has 1 aliphatic rings. The third-order valence-corrected chi connectivity index (χ3v) is 6.04. The van der Waals surface area contributed by atoms with Gasteiger partial charge in [-0.1, -0.05) is 17.7 Å². The molecular formula is C23H20ClF4N5O4. The average Bonchev–Trinajstić information content (AvgIpc) is 3.15. The summed E-state index contributed by atoms with van der Waals surface area (Å²) in [7, 11) is 0. The van der Waals surface area contributed by atoms with Crippen molar-refractivity contribution >= 4 is 35.1 Å². The van der Waals surface area contributed by atoms with Crippen LogP contribution in [0.25, 0.3) is 11.3 Å². The van der Waals surface area contributed by atoms with Crippen LogP contribution in [-0.4, -0.2) is 51.1 Å². The zero-order valence-electron chi connectivity index (χ0n) is 19.4. The molecule has 196 valence electrons. The normalized spacial score (nSPS) is 14.2. The van der Waals surface area contributed by atoms with Gasteiger partial charge in [-0.2, -0.15) is 18.3 Å². The maximum Gasteiger partial charge on any atom is 0.425 e. The van der Waals surface area contributed by atoms with Crippen LogP contribution in [0.2, 0.25) is 5.15 Å². The van der Waals surface area contributed by atoms with Gasteiger partial charge in [0.25, 0.3) is 5.91 Å². The number of amides is 2. The number of aromatic nitrogens is 3. The van der Waals surface area contributed by atoms with Crippen LogP contribution in [0.15, 0.2) is 24.3 Å². The number of aromatic amines is 1. The van der Waals surface area contributed by atoms with E-state index in [0.717, 1.165) is 24.0 Å². The van der Waals surface area contributed by atoms with Gasteiger partial charge in [0.2, 0.25) is 0 Å². The van der Waals surface area contributed by atoms with E-state index in [2.05, 4.69) is 20.5 Å². The Morgan fingerprint density at radius 3 is 2.65 bits per heavy atom. The lowest BCUT2D eigenvalue weighted by molar-refractivity contribution is -0.189. The molecule has 0 spiro atoms. The van der Waals surface area contributed by atoms with Crippen molar-refractivity contribution in [3.63, 3.8) is 0 Å². The third kappa shape index (κ3) is 5.31. The number of carbonyl (C=O) groups excluding carboxylic acids is 1. The van der Waals surface area contributed by atoms with Crippen LogP contribution < -0.4 is 15.0 Å². The summed E-state index contributed by atoms with van der Waals surface area (Å²) in [6, 6.07) is 4.66. The molecule has 14 heteroatoms. The average molecular weight is 542 g/mol. The molecule has 3 aromatic rings. The van der Waals surface area contributed by atoms with Crippen LogP contribution in [0.3, 0.4) is 0 Å². The number of nitrogens with one attached hydrogen (secondary N) is 2. The smallest absolute Gasteiger partial charge is 0.425 e. The fourth-order valence-corrected chi connectivity index (χ4v) is 4.01. The van der Waals surface area contributed by atoms with Crippen molar-refractivity contribution in [3.05, 3.63) is 52.1 Å². The first-order chi connectivity index (χ1) is 17.4. The number of carbonyl (C=O) groups is 2. The van der Waals surface area contributed by atoms with Crippen LogP contribution in [0.1, 0.15) is 35.0 Å². The van der Waals surface area contributed by atoms with E-state index in [4.69, 9.17) is 16.3 Å². The maximum absolute atomic E-state index is 15.3. The molecule has 0 bridgehead atoms. The number of ether oxygens (including phenoxy) is 1. The van der Waals surface area contributed by atoms with Crippen molar-refractivity contribution in [2.75, 3.05) is 16.8 Å². The molecule has 1 atom stereocenters. The predicted molar refractivity (Wildman–Crippen MR) is 126 cm³/mol. The molecule has 3 heterocycles. The summed E-state index contributed by atoms with van der Waals surface area (Å²) in [4.78, 5) is 29.9. The number of H-pyrrole nitrogens is 1. The molecule has 9 nitrogen and oxygen atoms in total. The number of hydrogen-bond acceptors (Lipinski definition) is 5. The molecule has 2 amide bonds. The molecule has 2 aromatic heterocycles. The molecule has 0 aliphatic carbocycles. The molecule has 0 fully saturated rings. The standard InChI is InChI=1S/C23H20ClF4N5O4/c1-10-18(19(24)32-31-10)30-21(34)14-8-15(25)13(9-17(14)37-11(2)23(26,27)28)16-6-5-12-4-3-7-33(22(35)36)20(12)29-16/h5-6,8-9,11H,3-4,7H2,1-2H3,(H,30,34)(H,31,32)(H,35,36). The molecule has 37 heavy (non-hydrogen) atoms. The van der Waals surface area contributed by atoms with Crippen molar-refractivity contribution < 1.29 is 37.0 Å². The van der Waals surface area contributed by atoms with Gasteiger partial charge in [-0.3, -0.25) is 14.8 Å². The van der Waals surface area contributed by atoms with E-state index >= 15 is 4.39 Å². The van der Waals surface area contributed by atoms with E-state index in [1.807, 2.05) is 0 Å². The summed E-state index contributed by atoms with van der Waals surface area (Å²) >= 11 is 5.92. The summed E-state index contributed by atoms with van der Waals surface area (Å²) in [5, 5.41) is 18.0. The van der Waals surface area contributed by atoms with Crippen LogP contribution >= 0.6 is 11.6 Å². The largest absolute Gasteiger partial charge is 0.480 e. The minimum atomic E-state index is -4.78. The molecule has 3 N–H and O–H groups in total. The second-order valence-corrected chi connectivity index (χ2v) is 8.67. The van der Waals surface area contributed by atoms with Gasteiger partial charge in [0.05, 0.1) is 17.0 Å². The van der Waals surface area contributed by atoms with Crippen molar-refractivity contribution in [1.29, 1.82) is 0 Å². The lowest BCUT2D eigenvalue weighted by atomic mass is 10.0. The van der Waals surface area contributed by atoms with Gasteiger partial charge in [-0.25, -0.2) is 14.2 Å². The summed E-state index contributed by atoms with van der Waals surface area (Å²) in [6.45, 7) is 2.47. The van der Waals surface area contributed by atoms with Crippen molar-refractivity contribution in [2.45, 2.75) is 39.0 Å². The van der Waals surface area contributed by atoms with E-state index in [1.54, 1.807) is 13.0 Å². The first-order valence-electron chi connectivity index (χ1n) is 11.0. The molecule has 0 saturated carbocycles. The Morgan fingerprint density at radius 1 is 1.30 bits per heavy atom. The fourth-order valence-electron chi connectivity index (χ4n) is 3.78. The summed E-state index contributed by atoms with van der Waals surface area (Å²) in [6.07, 6.45) is -7.23. The maximum atomic E-state index is 15.3. The fraction of sp³-hybridized carbons (Fsp3) is 0.304. The zero-order chi connectivity index (χ0) is 27.1. The van der Waals surface area contributed by atoms with Crippen LogP contribution in [0.5, 0.6) is 5.75 Å². The van der Waals surface area contributed by atoms with E-state index in [-0.39, 0.29) is 34.5 Å². The molecule has 1 unspecified atom stereocenters. The molecule has 1 aliphatic heterocycles. The van der Waals surface area contributed by atoms with Gasteiger partial charge >= 0.3 is 12.3 Å². The van der Waals surface area contributed by atoms with Gasteiger partial charge < -0.3 is 15.2 Å². The molecular weight excluding hydrogens is 522 g/mol. The minimum Gasteiger partial charge on any atom is -0.480 e. The summed E-state index contributed by atoms with van der Waals surface area (Å²) < 4.78 is 60.2. The molecule has 0 radical (unpaired) electrons. The van der Waals surface area contributed by atoms with E-state index in [1.165, 1.54) is 6.07 Å². The number of carboxylic acid groups (broad SMARTS) is 1. The van der Waals surface area contributed by atoms with E-state index in [0.29, 0.717) is 24.1 Å². The number of fused-ring (bicyclic) bond motifs is 1. The number of rotatable bonds is 5. The highest BCUT2D eigenvalue weighted by Gasteiger charge is 2.39. The van der Waals surface area contributed by atoms with Crippen LogP contribution in [-0.2, 0) is 6.42 Å². The number of hydrogen-bond donors (Lipinski definition) is 3. The Bertz CT molecular complexity index is 1360. The Labute approximate surface area is 212 Å². The van der Waals surface area contributed by atoms with Gasteiger partial charge in [0.15, 0.2) is 11.3 Å². The number of nitrogens with zero attached hydrogens (tertiary/aromatic N) is 3. The van der Waals surface area contributed by atoms with Crippen LogP contribution in [0.4, 0.5) is 33.9 Å². The van der Waals surface area contributed by atoms with Crippen molar-refractivity contribution in [2.24, 2.45) is 0 Å². The highest BCUT2D eigenvalue weighted by molar-refractivity contribution is 6.33. The van der Waals surface area contributed by atoms with Gasteiger partial charge in [-0.05, 0) is 50.5 Å². The number of anilines is 2. The Balaban J connectivity index is 1.80. The quantitative estimate of drug-likeness (QED) is 0.362. The van der Waals surface area contributed by atoms with Crippen LogP contribution in [0, 0.1) is 12.7 Å². The number of benzene rings is 1. The first kappa shape index (κ1) is 26.2. The Morgan fingerprint density at radius 2 is 2.03 bits per heavy atom. The SMILES string of the molecule is Cc1[nH]nc(Cl)c1NC(=O)c1cc(F)c(-c2ccc3c(n2)N(C(=O)O)CCC3)cc1OC(C)C(F)(F)F. The summed E-state index contributed by atoms with van der Waals surface area (Å²) in [5.41, 5.74) is 0.202. The Hall–Kier alpha value is -3.87. The van der Waals surface area contributed by atoms with E-state index in [9.17, 15) is 27.9 Å². The predicted octanol–water partition coefficient (Wildman–Crippen LogP) is 5.59. The second kappa shape index (κ2) is 9.88.